The summed E-state index contributed by atoms with van der Waals surface area (Å²) < 4.78 is 0. The standard InChI is InChI=1S/C7H6N2O/c10-7-2-1-5-6(9-7)3-4-8-5/h1-5H,(H,9,10). The van der Waals surface area contributed by atoms with Crippen molar-refractivity contribution in [3.8, 4) is 0 Å². The molecule has 0 radical (unpaired) electrons. The third kappa shape index (κ3) is 0.673. The van der Waals surface area contributed by atoms with E-state index >= 15 is 0 Å². The Bertz CT molecular complexity index is 263. The van der Waals surface area contributed by atoms with Crippen LogP contribution in [-0.2, 0) is 4.79 Å². The summed E-state index contributed by atoms with van der Waals surface area (Å²) in [5.74, 6) is -0.0620. The number of allylic oxidation sites excluding steroid dienone is 1. The Morgan fingerprint density at radius 3 is 3.40 bits per heavy atom. The van der Waals surface area contributed by atoms with Crippen LogP contribution in [0.3, 0.4) is 0 Å². The van der Waals surface area contributed by atoms with Gasteiger partial charge in [0.2, 0.25) is 5.91 Å². The second-order valence-corrected chi connectivity index (χ2v) is 2.21. The largest absolute Gasteiger partial charge is 0.324 e. The molecule has 2 aliphatic rings. The molecule has 10 heavy (non-hydrogen) atoms. The van der Waals surface area contributed by atoms with E-state index in [9.17, 15) is 4.79 Å². The highest BCUT2D eigenvalue weighted by atomic mass is 16.1. The van der Waals surface area contributed by atoms with E-state index < -0.39 is 0 Å². The number of carbonyl (C=O) groups is 1. The fourth-order valence-corrected chi connectivity index (χ4v) is 1.03. The van der Waals surface area contributed by atoms with Crippen molar-refractivity contribution in [2.45, 2.75) is 6.04 Å². The highest BCUT2D eigenvalue weighted by molar-refractivity contribution is 5.92. The van der Waals surface area contributed by atoms with Gasteiger partial charge in [-0.1, -0.05) is 0 Å². The first kappa shape index (κ1) is 5.41. The van der Waals surface area contributed by atoms with Crippen LogP contribution < -0.4 is 5.32 Å². The number of nitrogens with one attached hydrogen (secondary N) is 1. The van der Waals surface area contributed by atoms with Crippen LogP contribution in [0.4, 0.5) is 0 Å². The molecule has 3 heteroatoms. The predicted molar refractivity (Wildman–Crippen MR) is 37.6 cm³/mol. The maximum atomic E-state index is 10.7. The van der Waals surface area contributed by atoms with E-state index in [0.717, 1.165) is 5.70 Å². The molecular weight excluding hydrogens is 128 g/mol. The normalized spacial score (nSPS) is 27.8. The minimum Gasteiger partial charge on any atom is -0.324 e. The fourth-order valence-electron chi connectivity index (χ4n) is 1.03. The van der Waals surface area contributed by atoms with Crippen molar-refractivity contribution in [2.75, 3.05) is 0 Å². The van der Waals surface area contributed by atoms with Crippen LogP contribution in [0.15, 0.2) is 28.9 Å². The molecule has 0 fully saturated rings. The maximum absolute atomic E-state index is 10.7. The van der Waals surface area contributed by atoms with E-state index in [1.54, 1.807) is 12.3 Å². The monoisotopic (exact) mass is 134 g/mol. The molecule has 2 aliphatic heterocycles. The first-order valence-corrected chi connectivity index (χ1v) is 3.09. The molecule has 0 bridgehead atoms. The van der Waals surface area contributed by atoms with Crippen LogP contribution in [0, 0.1) is 0 Å². The van der Waals surface area contributed by atoms with Gasteiger partial charge >= 0.3 is 0 Å². The topological polar surface area (TPSA) is 41.5 Å². The van der Waals surface area contributed by atoms with Gasteiger partial charge in [-0.3, -0.25) is 9.79 Å². The Labute approximate surface area is 58.1 Å². The van der Waals surface area contributed by atoms with Crippen LogP contribution in [0.2, 0.25) is 0 Å². The lowest BCUT2D eigenvalue weighted by atomic mass is 10.1. The van der Waals surface area contributed by atoms with E-state index in [1.165, 1.54) is 6.08 Å². The summed E-state index contributed by atoms with van der Waals surface area (Å²) in [6.45, 7) is 0. The third-order valence-electron chi connectivity index (χ3n) is 1.52. The molecule has 1 N–H and O–H groups in total. The average Bonchev–Trinajstić information content (AvgIpc) is 2.33. The number of fused-ring (bicyclic) bond motifs is 1. The van der Waals surface area contributed by atoms with Gasteiger partial charge in [0.25, 0.3) is 0 Å². The number of nitrogens with zero attached hydrogens (tertiary/aromatic N) is 1. The minimum absolute atomic E-state index is 0.0620. The molecule has 1 amide bonds. The highest BCUT2D eigenvalue weighted by Gasteiger charge is 2.18. The first-order valence-electron chi connectivity index (χ1n) is 3.09. The lowest BCUT2D eigenvalue weighted by Gasteiger charge is -2.12. The van der Waals surface area contributed by atoms with Crippen molar-refractivity contribution < 1.29 is 4.79 Å². The molecule has 0 aromatic carbocycles. The van der Waals surface area contributed by atoms with Gasteiger partial charge in [-0.2, -0.15) is 0 Å². The van der Waals surface area contributed by atoms with Crippen molar-refractivity contribution in [3.05, 3.63) is 23.9 Å². The van der Waals surface area contributed by atoms with Gasteiger partial charge < -0.3 is 5.32 Å². The van der Waals surface area contributed by atoms with Gasteiger partial charge in [-0.15, -0.1) is 0 Å². The smallest absolute Gasteiger partial charge is 0.247 e. The van der Waals surface area contributed by atoms with Gasteiger partial charge in [-0.05, 0) is 12.2 Å². The second kappa shape index (κ2) is 1.80. The van der Waals surface area contributed by atoms with Crippen molar-refractivity contribution >= 4 is 12.1 Å². The van der Waals surface area contributed by atoms with E-state index in [4.69, 9.17) is 0 Å². The van der Waals surface area contributed by atoms with Gasteiger partial charge in [0.15, 0.2) is 0 Å². The van der Waals surface area contributed by atoms with Gasteiger partial charge in [0.1, 0.15) is 6.04 Å². The van der Waals surface area contributed by atoms with E-state index in [-0.39, 0.29) is 11.9 Å². The van der Waals surface area contributed by atoms with Gasteiger partial charge in [0.05, 0.1) is 0 Å². The zero-order valence-electron chi connectivity index (χ0n) is 5.24. The number of hydrogen-bond acceptors (Lipinski definition) is 2. The summed E-state index contributed by atoms with van der Waals surface area (Å²) in [7, 11) is 0. The van der Waals surface area contributed by atoms with E-state index in [1.807, 2.05) is 6.08 Å². The quantitative estimate of drug-likeness (QED) is 0.498. The average molecular weight is 134 g/mol. The van der Waals surface area contributed by atoms with E-state index in [0.29, 0.717) is 0 Å². The molecule has 0 aromatic rings. The summed E-state index contributed by atoms with van der Waals surface area (Å²) >= 11 is 0. The summed E-state index contributed by atoms with van der Waals surface area (Å²) in [6, 6.07) is 0.0673. The molecule has 0 saturated heterocycles. The second-order valence-electron chi connectivity index (χ2n) is 2.21. The van der Waals surface area contributed by atoms with Crippen molar-refractivity contribution in [3.63, 3.8) is 0 Å². The molecule has 1 unspecified atom stereocenters. The van der Waals surface area contributed by atoms with Crippen LogP contribution in [0.1, 0.15) is 0 Å². The molecule has 0 aliphatic carbocycles. The lowest BCUT2D eigenvalue weighted by molar-refractivity contribution is -0.116. The van der Waals surface area contributed by atoms with Gasteiger partial charge in [-0.25, -0.2) is 0 Å². The molecule has 2 rings (SSSR count). The van der Waals surface area contributed by atoms with E-state index in [2.05, 4.69) is 10.3 Å². The summed E-state index contributed by atoms with van der Waals surface area (Å²) in [5.41, 5.74) is 0.882. The predicted octanol–water partition coefficient (Wildman–Crippen LogP) is 0.00930. The van der Waals surface area contributed by atoms with Crippen LogP contribution >= 0.6 is 0 Å². The Hall–Kier alpha value is -1.38. The van der Waals surface area contributed by atoms with Crippen LogP contribution in [-0.4, -0.2) is 18.2 Å². The molecule has 0 aromatic heterocycles. The molecule has 2 heterocycles. The minimum atomic E-state index is -0.0620. The first-order chi connectivity index (χ1) is 4.86. The Morgan fingerprint density at radius 1 is 1.60 bits per heavy atom. The fraction of sp³-hybridized carbons (Fsp3) is 0.143. The number of rotatable bonds is 0. The van der Waals surface area contributed by atoms with Crippen molar-refractivity contribution in [1.29, 1.82) is 0 Å². The molecule has 0 spiro atoms. The van der Waals surface area contributed by atoms with Crippen LogP contribution in [0.25, 0.3) is 0 Å². The van der Waals surface area contributed by atoms with Gasteiger partial charge in [0, 0.05) is 18.0 Å². The highest BCUT2D eigenvalue weighted by Crippen LogP contribution is 2.12. The Kier molecular flexibility index (Phi) is 0.974. The molecule has 3 nitrogen and oxygen atoms in total. The molecule has 50 valence electrons. The Balaban J connectivity index is 2.35. The molecule has 0 saturated carbocycles. The van der Waals surface area contributed by atoms with Crippen molar-refractivity contribution in [1.82, 2.24) is 5.32 Å². The van der Waals surface area contributed by atoms with Crippen LogP contribution in [0.5, 0.6) is 0 Å². The summed E-state index contributed by atoms with van der Waals surface area (Å²) in [6.07, 6.45) is 6.81. The number of carbonyl (C=O) groups excluding carboxylic acids is 1. The number of aliphatic imine (C=N–C) groups is 1. The zero-order valence-corrected chi connectivity index (χ0v) is 5.24. The Morgan fingerprint density at radius 2 is 2.50 bits per heavy atom. The molecular formula is C7H6N2O. The zero-order chi connectivity index (χ0) is 6.97. The summed E-state index contributed by atoms with van der Waals surface area (Å²) in [5, 5.41) is 2.69. The number of amides is 1. The third-order valence-corrected chi connectivity index (χ3v) is 1.52. The summed E-state index contributed by atoms with van der Waals surface area (Å²) in [4.78, 5) is 14.8. The SMILES string of the molecule is O=C1C=CC2N=CC=C2N1. The number of hydrogen-bond donors (Lipinski definition) is 1. The molecule has 1 atom stereocenters. The van der Waals surface area contributed by atoms with Crippen molar-refractivity contribution in [2.24, 2.45) is 4.99 Å². The lowest BCUT2D eigenvalue weighted by Crippen LogP contribution is -2.29. The maximum Gasteiger partial charge on any atom is 0.247 e.